The van der Waals surface area contributed by atoms with E-state index in [1.165, 1.54) is 4.88 Å². The van der Waals surface area contributed by atoms with E-state index < -0.39 is 6.10 Å². The number of nitrogens with zero attached hydrogens (tertiary/aromatic N) is 2. The van der Waals surface area contributed by atoms with Gasteiger partial charge in [0.25, 0.3) is 0 Å². The van der Waals surface area contributed by atoms with E-state index in [4.69, 9.17) is 4.74 Å². The quantitative estimate of drug-likeness (QED) is 0.881. The van der Waals surface area contributed by atoms with Gasteiger partial charge in [-0.3, -0.25) is 0 Å². The first-order valence-electron chi connectivity index (χ1n) is 5.64. The van der Waals surface area contributed by atoms with Crippen molar-refractivity contribution in [3.8, 4) is 0 Å². The molecule has 2 aromatic heterocycles. The molecule has 1 N–H and O–H groups in total. The Hall–Kier alpha value is -1.04. The second-order valence-electron chi connectivity index (χ2n) is 3.92. The lowest BCUT2D eigenvalue weighted by Crippen LogP contribution is -2.17. The number of thiophene rings is 1. The summed E-state index contributed by atoms with van der Waals surface area (Å²) in [5, 5.41) is 10.8. The number of aliphatic hydroxyl groups excluding tert-OH is 1. The lowest BCUT2D eigenvalue weighted by Gasteiger charge is -2.08. The van der Waals surface area contributed by atoms with Crippen LogP contribution in [0.4, 0.5) is 0 Å². The summed E-state index contributed by atoms with van der Waals surface area (Å²) in [4.78, 5) is 10.8. The molecule has 17 heavy (non-hydrogen) atoms. The molecule has 0 aromatic carbocycles. The van der Waals surface area contributed by atoms with Gasteiger partial charge in [-0.1, -0.05) is 6.92 Å². The minimum Gasteiger partial charge on any atom is -0.390 e. The number of aromatic nitrogens is 2. The van der Waals surface area contributed by atoms with Gasteiger partial charge in [0.2, 0.25) is 0 Å². The zero-order chi connectivity index (χ0) is 12.3. The number of aliphatic hydroxyl groups is 1. The molecule has 92 valence electrons. The van der Waals surface area contributed by atoms with E-state index in [9.17, 15) is 5.11 Å². The van der Waals surface area contributed by atoms with Crippen LogP contribution in [0.25, 0.3) is 10.2 Å². The maximum Gasteiger partial charge on any atom is 0.127 e. The third-order valence-corrected chi connectivity index (χ3v) is 3.79. The van der Waals surface area contributed by atoms with Crippen LogP contribution in [0.15, 0.2) is 12.4 Å². The molecule has 0 aliphatic rings. The summed E-state index contributed by atoms with van der Waals surface area (Å²) in [6.45, 7) is 2.45. The van der Waals surface area contributed by atoms with E-state index in [-0.39, 0.29) is 0 Å². The molecule has 0 radical (unpaired) electrons. The molecule has 5 heteroatoms. The van der Waals surface area contributed by atoms with E-state index in [0.717, 1.165) is 22.3 Å². The number of ether oxygens (including phenoxy) is 1. The van der Waals surface area contributed by atoms with E-state index in [2.05, 4.69) is 23.0 Å². The highest BCUT2D eigenvalue weighted by Gasteiger charge is 2.12. The average Bonchev–Trinajstić information content (AvgIpc) is 2.73. The Morgan fingerprint density at radius 3 is 3.00 bits per heavy atom. The summed E-state index contributed by atoms with van der Waals surface area (Å²) in [5.74, 6) is 0. The van der Waals surface area contributed by atoms with Crippen molar-refractivity contribution in [1.29, 1.82) is 0 Å². The monoisotopic (exact) mass is 252 g/mol. The summed E-state index contributed by atoms with van der Waals surface area (Å²) in [6, 6.07) is 2.12. The molecule has 0 bridgehead atoms. The molecule has 0 amide bonds. The molecule has 0 fully saturated rings. The van der Waals surface area contributed by atoms with Crippen molar-refractivity contribution in [2.75, 3.05) is 13.7 Å². The van der Waals surface area contributed by atoms with Gasteiger partial charge in [0.1, 0.15) is 11.2 Å². The Morgan fingerprint density at radius 2 is 2.29 bits per heavy atom. The van der Waals surface area contributed by atoms with Gasteiger partial charge in [-0.15, -0.1) is 11.3 Å². The maximum atomic E-state index is 9.74. The molecule has 2 aromatic rings. The van der Waals surface area contributed by atoms with E-state index >= 15 is 0 Å². The van der Waals surface area contributed by atoms with Gasteiger partial charge in [0, 0.05) is 23.8 Å². The van der Waals surface area contributed by atoms with Crippen molar-refractivity contribution in [3.05, 3.63) is 23.0 Å². The number of hydrogen-bond acceptors (Lipinski definition) is 5. The summed E-state index contributed by atoms with van der Waals surface area (Å²) in [7, 11) is 1.58. The minimum absolute atomic E-state index is 0.330. The van der Waals surface area contributed by atoms with Crippen LogP contribution in [-0.2, 0) is 17.6 Å². The SMILES string of the molecule is CCc1cc2c(CC(O)COC)ncnc2s1. The average molecular weight is 252 g/mol. The number of rotatable bonds is 5. The zero-order valence-corrected chi connectivity index (χ0v) is 10.8. The molecule has 1 atom stereocenters. The van der Waals surface area contributed by atoms with Gasteiger partial charge in [0.05, 0.1) is 18.4 Å². The maximum absolute atomic E-state index is 9.74. The van der Waals surface area contributed by atoms with E-state index in [0.29, 0.717) is 13.0 Å². The summed E-state index contributed by atoms with van der Waals surface area (Å²) in [5.41, 5.74) is 0.899. The molecule has 0 aliphatic carbocycles. The normalized spacial score (nSPS) is 13.1. The van der Waals surface area contributed by atoms with Gasteiger partial charge < -0.3 is 9.84 Å². The third-order valence-electron chi connectivity index (χ3n) is 2.60. The van der Waals surface area contributed by atoms with E-state index in [1.54, 1.807) is 24.8 Å². The van der Waals surface area contributed by atoms with Crippen molar-refractivity contribution in [1.82, 2.24) is 9.97 Å². The Morgan fingerprint density at radius 1 is 1.47 bits per heavy atom. The number of methoxy groups -OCH3 is 1. The Balaban J connectivity index is 2.30. The summed E-state index contributed by atoms with van der Waals surface area (Å²) >= 11 is 1.69. The number of fused-ring (bicyclic) bond motifs is 1. The highest BCUT2D eigenvalue weighted by Crippen LogP contribution is 2.26. The van der Waals surface area contributed by atoms with Crippen LogP contribution < -0.4 is 0 Å². The van der Waals surface area contributed by atoms with Crippen LogP contribution in [-0.4, -0.2) is 34.9 Å². The fourth-order valence-electron chi connectivity index (χ4n) is 1.77. The van der Waals surface area contributed by atoms with Crippen molar-refractivity contribution in [2.24, 2.45) is 0 Å². The summed E-state index contributed by atoms with van der Waals surface area (Å²) < 4.78 is 4.92. The Bertz CT molecular complexity index is 498. The minimum atomic E-state index is -0.511. The van der Waals surface area contributed by atoms with Crippen LogP contribution in [0.1, 0.15) is 17.5 Å². The first-order valence-corrected chi connectivity index (χ1v) is 6.45. The largest absolute Gasteiger partial charge is 0.390 e. The predicted octanol–water partition coefficient (Wildman–Crippen LogP) is 1.80. The van der Waals surface area contributed by atoms with Crippen LogP contribution in [0.2, 0.25) is 0 Å². The van der Waals surface area contributed by atoms with Crippen molar-refractivity contribution in [2.45, 2.75) is 25.9 Å². The third kappa shape index (κ3) is 2.80. The Kier molecular flexibility index (Phi) is 4.04. The lowest BCUT2D eigenvalue weighted by molar-refractivity contribution is 0.0646. The highest BCUT2D eigenvalue weighted by molar-refractivity contribution is 7.18. The molecule has 0 spiro atoms. The predicted molar refractivity (Wildman–Crippen MR) is 68.4 cm³/mol. The second-order valence-corrected chi connectivity index (χ2v) is 5.03. The molecule has 0 saturated carbocycles. The molecule has 1 unspecified atom stereocenters. The molecule has 0 saturated heterocycles. The standard InChI is InChI=1S/C12H16N2O2S/c1-3-9-5-10-11(4-8(15)6-16-2)13-7-14-12(10)17-9/h5,7-8,15H,3-4,6H2,1-2H3. The summed E-state index contributed by atoms with van der Waals surface area (Å²) in [6.07, 6.45) is 2.56. The highest BCUT2D eigenvalue weighted by atomic mass is 32.1. The zero-order valence-electron chi connectivity index (χ0n) is 10.0. The Labute approximate surface area is 104 Å². The molecule has 2 heterocycles. The number of hydrogen-bond donors (Lipinski definition) is 1. The fraction of sp³-hybridized carbons (Fsp3) is 0.500. The van der Waals surface area contributed by atoms with Crippen molar-refractivity contribution < 1.29 is 9.84 Å². The van der Waals surface area contributed by atoms with Gasteiger partial charge in [-0.05, 0) is 12.5 Å². The first kappa shape index (κ1) is 12.4. The van der Waals surface area contributed by atoms with Gasteiger partial charge >= 0.3 is 0 Å². The van der Waals surface area contributed by atoms with Gasteiger partial charge in [0.15, 0.2) is 0 Å². The number of aryl methyl sites for hydroxylation is 1. The topological polar surface area (TPSA) is 55.2 Å². The van der Waals surface area contributed by atoms with E-state index in [1.807, 2.05) is 0 Å². The van der Waals surface area contributed by atoms with Crippen molar-refractivity contribution in [3.63, 3.8) is 0 Å². The second kappa shape index (κ2) is 5.53. The van der Waals surface area contributed by atoms with Gasteiger partial charge in [-0.25, -0.2) is 9.97 Å². The van der Waals surface area contributed by atoms with Crippen LogP contribution in [0.5, 0.6) is 0 Å². The van der Waals surface area contributed by atoms with Crippen LogP contribution in [0, 0.1) is 0 Å². The molecular weight excluding hydrogens is 236 g/mol. The fourth-order valence-corrected chi connectivity index (χ4v) is 2.72. The van der Waals surface area contributed by atoms with Gasteiger partial charge in [-0.2, -0.15) is 0 Å². The molecule has 2 rings (SSSR count). The lowest BCUT2D eigenvalue weighted by atomic mass is 10.1. The van der Waals surface area contributed by atoms with Crippen LogP contribution >= 0.6 is 11.3 Å². The molecule has 0 aliphatic heterocycles. The van der Waals surface area contributed by atoms with Crippen LogP contribution in [0.3, 0.4) is 0 Å². The first-order chi connectivity index (χ1) is 8.24. The molecular formula is C12H16N2O2S. The van der Waals surface area contributed by atoms with Crippen molar-refractivity contribution >= 4 is 21.6 Å². The molecule has 4 nitrogen and oxygen atoms in total. The smallest absolute Gasteiger partial charge is 0.127 e.